The number of nitrogens with zero attached hydrogens (tertiary/aromatic N) is 3. The van der Waals surface area contributed by atoms with Gasteiger partial charge in [0.05, 0.1) is 12.8 Å². The number of aryl methyl sites for hydroxylation is 1. The van der Waals surface area contributed by atoms with Crippen molar-refractivity contribution in [3.8, 4) is 0 Å². The fraction of sp³-hybridized carbons (Fsp3) is 0.647. The Morgan fingerprint density at radius 3 is 3.17 bits per heavy atom. The molecule has 2 aromatic rings. The average molecular weight is 319 g/mol. The number of unbranched alkanes of at least 4 members (excludes halogenated alkanes) is 1. The predicted octanol–water partition coefficient (Wildman–Crippen LogP) is 3.09. The van der Waals surface area contributed by atoms with Crippen LogP contribution in [0.3, 0.4) is 0 Å². The maximum atomic E-state index is 10.3. The minimum atomic E-state index is -0.557. The first-order valence-electron chi connectivity index (χ1n) is 8.53. The number of furan rings is 1. The van der Waals surface area contributed by atoms with Crippen LogP contribution in [-0.2, 0) is 13.0 Å². The van der Waals surface area contributed by atoms with Crippen molar-refractivity contribution >= 4 is 0 Å². The molecule has 23 heavy (non-hydrogen) atoms. The van der Waals surface area contributed by atoms with Gasteiger partial charge in [0.2, 0.25) is 5.89 Å². The van der Waals surface area contributed by atoms with Crippen molar-refractivity contribution < 1.29 is 14.0 Å². The highest BCUT2D eigenvalue weighted by molar-refractivity contribution is 5.03. The minimum Gasteiger partial charge on any atom is -0.467 e. The van der Waals surface area contributed by atoms with Crippen LogP contribution in [0.5, 0.6) is 0 Å². The number of hydrogen-bond donors (Lipinski definition) is 1. The molecule has 1 aliphatic heterocycles. The Morgan fingerprint density at radius 1 is 1.48 bits per heavy atom. The number of hydrogen-bond acceptors (Lipinski definition) is 6. The van der Waals surface area contributed by atoms with Gasteiger partial charge in [-0.2, -0.15) is 4.98 Å². The van der Waals surface area contributed by atoms with Crippen molar-refractivity contribution in [3.63, 3.8) is 0 Å². The molecule has 1 N–H and O–H groups in total. The molecule has 0 amide bonds. The van der Waals surface area contributed by atoms with Gasteiger partial charge in [0.15, 0.2) is 5.82 Å². The summed E-state index contributed by atoms with van der Waals surface area (Å²) in [6.45, 7) is 3.82. The van der Waals surface area contributed by atoms with Crippen molar-refractivity contribution in [1.82, 2.24) is 15.0 Å². The van der Waals surface area contributed by atoms with E-state index >= 15 is 0 Å². The Hall–Kier alpha value is -1.66. The fourth-order valence-corrected chi connectivity index (χ4v) is 3.19. The molecule has 1 fully saturated rings. The van der Waals surface area contributed by atoms with Crippen LogP contribution in [0.4, 0.5) is 0 Å². The second kappa shape index (κ2) is 7.75. The van der Waals surface area contributed by atoms with Gasteiger partial charge in [-0.1, -0.05) is 18.5 Å². The lowest BCUT2D eigenvalue weighted by molar-refractivity contribution is 0.0955. The van der Waals surface area contributed by atoms with Gasteiger partial charge in [-0.05, 0) is 44.4 Å². The molecule has 126 valence electrons. The molecule has 0 aromatic carbocycles. The molecule has 1 saturated heterocycles. The molecule has 3 heterocycles. The molecule has 6 nitrogen and oxygen atoms in total. The number of aliphatic hydroxyl groups excluding tert-OH is 1. The molecule has 2 unspecified atom stereocenters. The van der Waals surface area contributed by atoms with E-state index in [1.807, 2.05) is 6.07 Å². The monoisotopic (exact) mass is 319 g/mol. The average Bonchev–Trinajstić information content (AvgIpc) is 3.28. The highest BCUT2D eigenvalue weighted by atomic mass is 16.5. The second-order valence-corrected chi connectivity index (χ2v) is 6.24. The molecular formula is C17H25N3O3. The number of likely N-dealkylation sites (tertiary alicyclic amines) is 1. The van der Waals surface area contributed by atoms with Crippen molar-refractivity contribution in [2.75, 3.05) is 6.54 Å². The van der Waals surface area contributed by atoms with Gasteiger partial charge >= 0.3 is 0 Å². The smallest absolute Gasteiger partial charge is 0.240 e. The molecule has 1 aliphatic rings. The largest absolute Gasteiger partial charge is 0.467 e. The topological polar surface area (TPSA) is 75.5 Å². The van der Waals surface area contributed by atoms with Crippen LogP contribution in [0.1, 0.15) is 62.6 Å². The SMILES string of the molecule is CCCCc1noc(CN2CCCC2CC(O)c2ccco2)n1. The van der Waals surface area contributed by atoms with Gasteiger partial charge in [-0.15, -0.1) is 0 Å². The van der Waals surface area contributed by atoms with E-state index in [4.69, 9.17) is 8.94 Å². The maximum absolute atomic E-state index is 10.3. The van der Waals surface area contributed by atoms with E-state index in [0.29, 0.717) is 30.7 Å². The highest BCUT2D eigenvalue weighted by Gasteiger charge is 2.29. The fourth-order valence-electron chi connectivity index (χ4n) is 3.19. The van der Waals surface area contributed by atoms with Gasteiger partial charge in [0, 0.05) is 12.5 Å². The van der Waals surface area contributed by atoms with Gasteiger partial charge in [0.25, 0.3) is 0 Å². The van der Waals surface area contributed by atoms with Gasteiger partial charge in [-0.3, -0.25) is 4.90 Å². The summed E-state index contributed by atoms with van der Waals surface area (Å²) in [6.07, 6.45) is 7.01. The second-order valence-electron chi connectivity index (χ2n) is 6.24. The normalized spacial score (nSPS) is 20.2. The van der Waals surface area contributed by atoms with E-state index in [9.17, 15) is 5.11 Å². The first-order valence-corrected chi connectivity index (χ1v) is 8.53. The number of rotatable bonds is 8. The van der Waals surface area contributed by atoms with Gasteiger partial charge < -0.3 is 14.0 Å². The molecule has 2 aromatic heterocycles. The lowest BCUT2D eigenvalue weighted by Crippen LogP contribution is -2.30. The molecule has 6 heteroatoms. The summed E-state index contributed by atoms with van der Waals surface area (Å²) in [5.74, 6) is 2.11. The summed E-state index contributed by atoms with van der Waals surface area (Å²) in [4.78, 5) is 6.80. The van der Waals surface area contributed by atoms with Crippen LogP contribution in [0.15, 0.2) is 27.3 Å². The first kappa shape index (κ1) is 16.2. The van der Waals surface area contributed by atoms with Crippen molar-refractivity contribution in [2.45, 2.75) is 64.1 Å². The Balaban J connectivity index is 1.55. The Labute approximate surface area is 136 Å². The quantitative estimate of drug-likeness (QED) is 0.806. The Morgan fingerprint density at radius 2 is 2.39 bits per heavy atom. The van der Waals surface area contributed by atoms with E-state index in [-0.39, 0.29) is 0 Å². The zero-order valence-electron chi connectivity index (χ0n) is 13.6. The van der Waals surface area contributed by atoms with E-state index in [1.165, 1.54) is 0 Å². The first-order chi connectivity index (χ1) is 11.3. The summed E-state index contributed by atoms with van der Waals surface area (Å²) in [5.41, 5.74) is 0. The lowest BCUT2D eigenvalue weighted by Gasteiger charge is -2.24. The zero-order chi connectivity index (χ0) is 16.1. The van der Waals surface area contributed by atoms with E-state index in [1.54, 1.807) is 12.3 Å². The maximum Gasteiger partial charge on any atom is 0.240 e. The summed E-state index contributed by atoms with van der Waals surface area (Å²) in [6, 6.07) is 3.95. The Kier molecular flexibility index (Phi) is 5.46. The standard InChI is InChI=1S/C17H25N3O3/c1-2-3-8-16-18-17(23-19-16)12-20-9-4-6-13(20)11-14(21)15-7-5-10-22-15/h5,7,10,13-14,21H,2-4,6,8-9,11-12H2,1H3. The molecular weight excluding hydrogens is 294 g/mol. The van der Waals surface area contributed by atoms with Crippen molar-refractivity contribution in [1.29, 1.82) is 0 Å². The molecule has 0 bridgehead atoms. The zero-order valence-corrected chi connectivity index (χ0v) is 13.6. The summed E-state index contributed by atoms with van der Waals surface area (Å²) in [5, 5.41) is 14.3. The molecule has 0 saturated carbocycles. The lowest BCUT2D eigenvalue weighted by atomic mass is 10.1. The van der Waals surface area contributed by atoms with Gasteiger partial charge in [-0.25, -0.2) is 0 Å². The third-order valence-corrected chi connectivity index (χ3v) is 4.47. The van der Waals surface area contributed by atoms with E-state index < -0.39 is 6.10 Å². The molecule has 0 aliphatic carbocycles. The number of aromatic nitrogens is 2. The number of aliphatic hydroxyl groups is 1. The van der Waals surface area contributed by atoms with E-state index in [0.717, 1.165) is 44.5 Å². The van der Waals surface area contributed by atoms with Crippen LogP contribution in [0, 0.1) is 0 Å². The molecule has 0 radical (unpaired) electrons. The van der Waals surface area contributed by atoms with Crippen LogP contribution in [0.2, 0.25) is 0 Å². The van der Waals surface area contributed by atoms with Crippen LogP contribution < -0.4 is 0 Å². The summed E-state index contributed by atoms with van der Waals surface area (Å²) in [7, 11) is 0. The minimum absolute atomic E-state index is 0.320. The highest BCUT2D eigenvalue weighted by Crippen LogP contribution is 2.28. The van der Waals surface area contributed by atoms with Crippen LogP contribution in [-0.4, -0.2) is 32.7 Å². The van der Waals surface area contributed by atoms with Crippen LogP contribution in [0.25, 0.3) is 0 Å². The summed E-state index contributed by atoms with van der Waals surface area (Å²) < 4.78 is 10.7. The molecule has 0 spiro atoms. The van der Waals surface area contributed by atoms with Crippen molar-refractivity contribution in [3.05, 3.63) is 35.9 Å². The van der Waals surface area contributed by atoms with E-state index in [2.05, 4.69) is 22.0 Å². The predicted molar refractivity (Wildman–Crippen MR) is 84.6 cm³/mol. The third-order valence-electron chi connectivity index (χ3n) is 4.47. The van der Waals surface area contributed by atoms with Gasteiger partial charge in [0.1, 0.15) is 11.9 Å². The van der Waals surface area contributed by atoms with Crippen LogP contribution >= 0.6 is 0 Å². The van der Waals surface area contributed by atoms with Crippen molar-refractivity contribution in [2.24, 2.45) is 0 Å². The molecule has 3 rings (SSSR count). The summed E-state index contributed by atoms with van der Waals surface area (Å²) >= 11 is 0. The Bertz CT molecular complexity index is 582. The third kappa shape index (κ3) is 4.20. The molecule has 2 atom stereocenters.